The molecule has 0 spiro atoms. The molecule has 2 aromatic carbocycles. The number of aliphatic imine (C=N–C) groups is 1. The summed E-state index contributed by atoms with van der Waals surface area (Å²) in [5, 5.41) is 22.3. The summed E-state index contributed by atoms with van der Waals surface area (Å²) in [6, 6.07) is 19.7. The van der Waals surface area contributed by atoms with Gasteiger partial charge in [0.2, 0.25) is 0 Å². The van der Waals surface area contributed by atoms with Gasteiger partial charge in [0.15, 0.2) is 0 Å². The van der Waals surface area contributed by atoms with Gasteiger partial charge in [-0.2, -0.15) is 5.10 Å². The van der Waals surface area contributed by atoms with Crippen molar-refractivity contribution in [3.8, 4) is 0 Å². The largest absolute Gasteiger partial charge is 0.478 e. The lowest BCUT2D eigenvalue weighted by Crippen LogP contribution is -2.37. The SMILES string of the molecule is CC1=C2CC[C@@H](NC(=O)c3cn(Cc4ccc(N5CC6CC6C5)nc4C)c4ccc(C(=O)O)cc34)C2=NC1.COC(=O)c1ccc2c(c1)c(C(=O)N[C@@H]1CCc3c1nn(COCC[Si](C)(C)C)c3C)cn2Cc1ccc(N2CC3CC3C2)nc1C. The van der Waals surface area contributed by atoms with Gasteiger partial charge in [0.25, 0.3) is 11.8 Å². The second kappa shape index (κ2) is 22.2. The van der Waals surface area contributed by atoms with Crippen LogP contribution in [0.1, 0.15) is 126 Å². The van der Waals surface area contributed by atoms with Crippen molar-refractivity contribution in [1.29, 1.82) is 0 Å². The van der Waals surface area contributed by atoms with Crippen LogP contribution in [0.4, 0.5) is 11.6 Å². The Hall–Kier alpha value is -7.90. The summed E-state index contributed by atoms with van der Waals surface area (Å²) >= 11 is 0. The first-order valence-corrected chi connectivity index (χ1v) is 34.0. The number of esters is 1. The molecule has 14 rings (SSSR count). The van der Waals surface area contributed by atoms with Crippen LogP contribution in [0.2, 0.25) is 25.7 Å². The highest BCUT2D eigenvalue weighted by molar-refractivity contribution is 6.76. The molecule has 19 heteroatoms. The second-order valence-electron chi connectivity index (χ2n) is 26.1. The molecule has 3 aliphatic heterocycles. The predicted octanol–water partition coefficient (Wildman–Crippen LogP) is 10.1. The number of hydrogen-bond acceptors (Lipinski definition) is 12. The predicted molar refractivity (Wildman–Crippen MR) is 331 cm³/mol. The van der Waals surface area contributed by atoms with Crippen molar-refractivity contribution in [1.82, 2.24) is 39.5 Å². The maximum atomic E-state index is 14.0. The quantitative estimate of drug-likeness (QED) is 0.0443. The molecule has 442 valence electrons. The van der Waals surface area contributed by atoms with Crippen LogP contribution in [-0.2, 0) is 35.7 Å². The molecule has 2 saturated heterocycles. The fraction of sp³-hybridized carbons (Fsp3) is 0.455. The van der Waals surface area contributed by atoms with Crippen molar-refractivity contribution >= 4 is 71.0 Å². The molecule has 0 radical (unpaired) electrons. The highest BCUT2D eigenvalue weighted by Gasteiger charge is 2.46. The Morgan fingerprint density at radius 3 is 1.78 bits per heavy atom. The summed E-state index contributed by atoms with van der Waals surface area (Å²) in [6.07, 6.45) is 9.89. The maximum Gasteiger partial charge on any atom is 0.337 e. The molecule has 2 amide bonds. The number of benzene rings is 2. The summed E-state index contributed by atoms with van der Waals surface area (Å²) in [4.78, 5) is 71.1. The molecular formula is C66H77N11O7Si. The van der Waals surface area contributed by atoms with E-state index >= 15 is 0 Å². The van der Waals surface area contributed by atoms with Crippen molar-refractivity contribution in [2.24, 2.45) is 28.7 Å². The van der Waals surface area contributed by atoms with Gasteiger partial charge in [-0.1, -0.05) is 31.8 Å². The molecule has 6 atom stereocenters. The summed E-state index contributed by atoms with van der Waals surface area (Å²) in [6.45, 7) is 22.7. The first-order chi connectivity index (χ1) is 40.8. The van der Waals surface area contributed by atoms with E-state index in [1.54, 1.807) is 30.3 Å². The average molecular weight is 1160 g/mol. The molecular weight excluding hydrogens is 1090 g/mol. The number of carbonyl (C=O) groups excluding carboxylic acids is 3. The lowest BCUT2D eigenvalue weighted by atomic mass is 10.1. The summed E-state index contributed by atoms with van der Waals surface area (Å²) in [5.74, 6) is 3.63. The van der Waals surface area contributed by atoms with Crippen LogP contribution in [0.15, 0.2) is 89.2 Å². The van der Waals surface area contributed by atoms with Gasteiger partial charge < -0.3 is 44.1 Å². The number of methoxy groups -OCH3 is 1. The molecule has 3 saturated carbocycles. The molecule has 7 aliphatic rings. The van der Waals surface area contributed by atoms with E-state index in [2.05, 4.69) is 94.7 Å². The van der Waals surface area contributed by atoms with Gasteiger partial charge in [-0.3, -0.25) is 14.6 Å². The summed E-state index contributed by atoms with van der Waals surface area (Å²) < 4.78 is 17.0. The minimum absolute atomic E-state index is 0.105. The monoisotopic (exact) mass is 1160 g/mol. The van der Waals surface area contributed by atoms with Gasteiger partial charge in [0, 0.05) is 105 Å². The minimum Gasteiger partial charge on any atom is -0.478 e. The molecule has 0 bridgehead atoms. The van der Waals surface area contributed by atoms with Gasteiger partial charge in [-0.15, -0.1) is 0 Å². The summed E-state index contributed by atoms with van der Waals surface area (Å²) in [7, 11) is 0.197. The topological polar surface area (TPSA) is 203 Å². The molecule has 8 heterocycles. The van der Waals surface area contributed by atoms with Gasteiger partial charge >= 0.3 is 11.9 Å². The van der Waals surface area contributed by atoms with Crippen LogP contribution in [0.3, 0.4) is 0 Å². The Morgan fingerprint density at radius 1 is 0.694 bits per heavy atom. The zero-order valence-corrected chi connectivity index (χ0v) is 51.1. The number of aryl methyl sites for hydroxylation is 2. The molecule has 4 aliphatic carbocycles. The number of nitrogens with zero attached hydrogens (tertiary/aromatic N) is 9. The number of fused-ring (bicyclic) bond motifs is 6. The first kappa shape index (κ1) is 56.2. The van der Waals surface area contributed by atoms with Gasteiger partial charge in [-0.25, -0.2) is 24.2 Å². The molecule has 7 aromatic rings. The number of piperidine rings is 2. The number of ether oxygens (including phenoxy) is 2. The lowest BCUT2D eigenvalue weighted by molar-refractivity contribution is 0.0599. The van der Waals surface area contributed by atoms with E-state index in [1.807, 2.05) is 34.6 Å². The summed E-state index contributed by atoms with van der Waals surface area (Å²) in [5.41, 5.74) is 14.2. The zero-order valence-electron chi connectivity index (χ0n) is 50.1. The van der Waals surface area contributed by atoms with Crippen LogP contribution < -0.4 is 20.4 Å². The van der Waals surface area contributed by atoms with Crippen LogP contribution in [0.25, 0.3) is 21.8 Å². The van der Waals surface area contributed by atoms with E-state index in [0.29, 0.717) is 53.8 Å². The van der Waals surface area contributed by atoms with Gasteiger partial charge in [0.1, 0.15) is 18.4 Å². The van der Waals surface area contributed by atoms with Crippen molar-refractivity contribution in [2.45, 2.75) is 124 Å². The number of hydrogen-bond donors (Lipinski definition) is 3. The fourth-order valence-corrected chi connectivity index (χ4v) is 14.5. The second-order valence-corrected chi connectivity index (χ2v) is 31.8. The van der Waals surface area contributed by atoms with Gasteiger partial charge in [-0.05, 0) is 172 Å². The molecule has 3 N–H and O–H groups in total. The Balaban J connectivity index is 0.000000161. The number of amides is 2. The van der Waals surface area contributed by atoms with E-state index in [4.69, 9.17) is 24.5 Å². The minimum atomic E-state index is -1.17. The maximum absolute atomic E-state index is 14.0. The van der Waals surface area contributed by atoms with E-state index < -0.39 is 20.0 Å². The highest BCUT2D eigenvalue weighted by Crippen LogP contribution is 2.47. The van der Waals surface area contributed by atoms with E-state index in [0.717, 1.165) is 150 Å². The molecule has 4 unspecified atom stereocenters. The number of carboxylic acid groups (broad SMARTS) is 1. The van der Waals surface area contributed by atoms with E-state index in [1.165, 1.54) is 36.7 Å². The number of rotatable bonds is 17. The lowest BCUT2D eigenvalue weighted by Gasteiger charge is -2.20. The highest BCUT2D eigenvalue weighted by atomic mass is 28.3. The number of carboxylic acids is 1. The number of carbonyl (C=O) groups is 4. The van der Waals surface area contributed by atoms with E-state index in [-0.39, 0.29) is 29.5 Å². The van der Waals surface area contributed by atoms with E-state index in [9.17, 15) is 24.3 Å². The molecule has 18 nitrogen and oxygen atoms in total. The number of aromatic carboxylic acids is 1. The van der Waals surface area contributed by atoms with Crippen LogP contribution in [-0.4, -0.2) is 124 Å². The Bertz CT molecular complexity index is 3920. The van der Waals surface area contributed by atoms with Crippen molar-refractivity contribution in [3.63, 3.8) is 0 Å². The smallest absolute Gasteiger partial charge is 0.337 e. The Kier molecular flexibility index (Phi) is 14.7. The molecule has 5 aromatic heterocycles. The number of pyridine rings is 2. The average Bonchev–Trinajstić information content (AvgIpc) is 3.89. The standard InChI is InChI=1S/C36H46N6O4Si.C30H31N5O3/c1-22-25(8-12-33(37-22)41-18-26-15-27(26)19-41)17-40-20-30(29-16-24(36(44)45-3)7-11-32(29)40)35(43)38-31-10-9-28-23(2)42(39-34(28)31)21-46-13-14-47(4,5)6;1-16-11-31-28-22(16)5-6-25(28)33-29(36)24-15-34(26-7-3-18(30(37)38)10-23(24)26)12-19-4-8-27(32-17(19)2)35-13-20-9-21(20)14-35/h7-8,11-12,16,20,26-27,31H,9-10,13-15,17-19,21H2,1-6H3,(H,38,43);3-4,7-8,10,15,20-21,25H,5-6,9,11-14H2,1-2H3,(H,33,36)(H,37,38)/t26?,27?,31-;20?,21?,25-/m11/s1. The van der Waals surface area contributed by atoms with Crippen molar-refractivity contribution in [2.75, 3.05) is 56.2 Å². The van der Waals surface area contributed by atoms with Crippen molar-refractivity contribution in [3.05, 3.63) is 146 Å². The third kappa shape index (κ3) is 11.2. The van der Waals surface area contributed by atoms with Gasteiger partial charge in [0.05, 0.1) is 59.4 Å². The van der Waals surface area contributed by atoms with Crippen LogP contribution in [0, 0.1) is 44.4 Å². The first-order valence-electron chi connectivity index (χ1n) is 30.3. The third-order valence-corrected chi connectivity index (χ3v) is 20.8. The molecule has 85 heavy (non-hydrogen) atoms. The van der Waals surface area contributed by atoms with Crippen molar-refractivity contribution < 1.29 is 33.8 Å². The fourth-order valence-electron chi connectivity index (χ4n) is 13.7. The molecule has 5 fully saturated rings. The van der Waals surface area contributed by atoms with Crippen LogP contribution in [0.5, 0.6) is 0 Å². The Labute approximate surface area is 496 Å². The van der Waals surface area contributed by atoms with Crippen LogP contribution >= 0.6 is 0 Å². The zero-order chi connectivity index (χ0) is 59.2. The Morgan fingerprint density at radius 2 is 1.24 bits per heavy atom. The number of nitrogens with one attached hydrogen (secondary N) is 2. The normalized spacial score (nSPS) is 21.6. The number of anilines is 2. The third-order valence-electron chi connectivity index (χ3n) is 19.1. The number of aromatic nitrogens is 6.